The summed E-state index contributed by atoms with van der Waals surface area (Å²) in [4.78, 5) is 43.9. The van der Waals surface area contributed by atoms with Gasteiger partial charge in [0.25, 0.3) is 5.56 Å². The quantitative estimate of drug-likeness (QED) is 0.260. The minimum atomic E-state index is -0.580. The Morgan fingerprint density at radius 1 is 1.05 bits per heavy atom. The molecule has 2 aromatic carbocycles. The molecule has 2 fully saturated rings. The molecule has 1 aromatic heterocycles. The molecule has 1 unspecified atom stereocenters. The van der Waals surface area contributed by atoms with Crippen LogP contribution in [0, 0.1) is 13.8 Å². The van der Waals surface area contributed by atoms with Gasteiger partial charge in [0.15, 0.2) is 0 Å². The lowest BCUT2D eigenvalue weighted by Gasteiger charge is -2.36. The number of amides is 3. The summed E-state index contributed by atoms with van der Waals surface area (Å²) in [5.74, 6) is 0.408. The van der Waals surface area contributed by atoms with Crippen molar-refractivity contribution in [3.8, 4) is 16.9 Å². The van der Waals surface area contributed by atoms with E-state index in [4.69, 9.17) is 21.1 Å². The van der Waals surface area contributed by atoms with E-state index >= 15 is 0 Å². The number of urea groups is 1. The molecule has 3 aromatic rings. The third-order valence-electron chi connectivity index (χ3n) is 7.68. The number of aromatic amines is 1. The average molecular weight is 609 g/mol. The van der Waals surface area contributed by atoms with Gasteiger partial charge in [-0.15, -0.1) is 0 Å². The van der Waals surface area contributed by atoms with Crippen molar-refractivity contribution in [3.63, 3.8) is 0 Å². The normalized spacial score (nSPS) is 17.1. The number of aryl methyl sites for hydroxylation is 2. The van der Waals surface area contributed by atoms with E-state index < -0.39 is 5.60 Å². The largest absolute Gasteiger partial charge is 0.492 e. The predicted molar refractivity (Wildman–Crippen MR) is 170 cm³/mol. The van der Waals surface area contributed by atoms with Crippen LogP contribution in [0.1, 0.15) is 70.4 Å². The van der Waals surface area contributed by atoms with Gasteiger partial charge in [-0.1, -0.05) is 40.9 Å². The molecule has 1 saturated heterocycles. The number of benzene rings is 2. The number of pyridine rings is 1. The SMILES string of the molecule is Cc1cc(C)cc(-c2c(OCCC3CCCCN3C(=O)OC(C)(C)C)c3cc(NC(=O)NC4CC4)c(Cl)cc3[nH]c2=O)c1. The third kappa shape index (κ3) is 7.63. The molecule has 3 amide bonds. The Bertz CT molecular complexity index is 1570. The van der Waals surface area contributed by atoms with Crippen LogP contribution in [0.4, 0.5) is 15.3 Å². The Hall–Kier alpha value is -3.72. The van der Waals surface area contributed by atoms with Crippen molar-refractivity contribution in [2.45, 2.75) is 90.8 Å². The third-order valence-corrected chi connectivity index (χ3v) is 7.99. The van der Waals surface area contributed by atoms with E-state index in [0.717, 1.165) is 48.8 Å². The topological polar surface area (TPSA) is 113 Å². The summed E-state index contributed by atoms with van der Waals surface area (Å²) in [6, 6.07) is 9.16. The molecule has 230 valence electrons. The van der Waals surface area contributed by atoms with E-state index in [1.165, 1.54) is 0 Å². The number of carbonyl (C=O) groups excluding carboxylic acids is 2. The zero-order valence-electron chi connectivity index (χ0n) is 25.6. The highest BCUT2D eigenvalue weighted by Gasteiger charge is 2.31. The van der Waals surface area contributed by atoms with Gasteiger partial charge in [0.2, 0.25) is 0 Å². The molecule has 2 heterocycles. The van der Waals surface area contributed by atoms with Gasteiger partial charge in [-0.2, -0.15) is 0 Å². The van der Waals surface area contributed by atoms with E-state index in [0.29, 0.717) is 45.9 Å². The molecule has 0 bridgehead atoms. The fourth-order valence-electron chi connectivity index (χ4n) is 5.64. The minimum Gasteiger partial charge on any atom is -0.492 e. The van der Waals surface area contributed by atoms with Crippen LogP contribution in [0.5, 0.6) is 5.75 Å². The second kappa shape index (κ2) is 12.5. The number of aromatic nitrogens is 1. The maximum absolute atomic E-state index is 13.6. The molecule has 0 radical (unpaired) electrons. The van der Waals surface area contributed by atoms with E-state index in [9.17, 15) is 14.4 Å². The number of piperidine rings is 1. The van der Waals surface area contributed by atoms with E-state index in [-0.39, 0.29) is 36.4 Å². The van der Waals surface area contributed by atoms with Gasteiger partial charge in [-0.3, -0.25) is 4.79 Å². The number of rotatable bonds is 7. The Balaban J connectivity index is 1.50. The molecule has 5 rings (SSSR count). The second-order valence-corrected chi connectivity index (χ2v) is 13.2. The Morgan fingerprint density at radius 2 is 1.77 bits per heavy atom. The van der Waals surface area contributed by atoms with Gasteiger partial charge >= 0.3 is 12.1 Å². The van der Waals surface area contributed by atoms with Crippen molar-refractivity contribution < 1.29 is 19.1 Å². The van der Waals surface area contributed by atoms with E-state index in [1.54, 1.807) is 17.0 Å². The van der Waals surface area contributed by atoms with Crippen LogP contribution in [-0.4, -0.2) is 52.8 Å². The van der Waals surface area contributed by atoms with Crippen LogP contribution >= 0.6 is 11.6 Å². The van der Waals surface area contributed by atoms with Crippen LogP contribution in [0.3, 0.4) is 0 Å². The highest BCUT2D eigenvalue weighted by atomic mass is 35.5. The number of fused-ring (bicyclic) bond motifs is 1. The van der Waals surface area contributed by atoms with Crippen LogP contribution in [0.15, 0.2) is 35.1 Å². The Morgan fingerprint density at radius 3 is 2.44 bits per heavy atom. The number of anilines is 1. The molecule has 1 aliphatic heterocycles. The lowest BCUT2D eigenvalue weighted by Crippen LogP contribution is -2.46. The summed E-state index contributed by atoms with van der Waals surface area (Å²) in [6.45, 7) is 10.5. The van der Waals surface area contributed by atoms with Crippen molar-refractivity contribution in [2.75, 3.05) is 18.5 Å². The van der Waals surface area contributed by atoms with Crippen molar-refractivity contribution in [1.29, 1.82) is 0 Å². The zero-order chi connectivity index (χ0) is 30.9. The maximum atomic E-state index is 13.6. The van der Waals surface area contributed by atoms with Crippen molar-refractivity contribution in [3.05, 3.63) is 56.8 Å². The molecule has 9 nitrogen and oxygen atoms in total. The Labute approximate surface area is 257 Å². The Kier molecular flexibility index (Phi) is 8.92. The number of carbonyl (C=O) groups is 2. The van der Waals surface area contributed by atoms with Gasteiger partial charge in [0.05, 0.1) is 28.4 Å². The van der Waals surface area contributed by atoms with Gasteiger partial charge in [-0.05, 0) is 84.4 Å². The first-order chi connectivity index (χ1) is 20.4. The van der Waals surface area contributed by atoms with E-state index in [1.807, 2.05) is 52.8 Å². The minimum absolute atomic E-state index is 0.0423. The number of H-pyrrole nitrogens is 1. The highest BCUT2D eigenvalue weighted by molar-refractivity contribution is 6.34. The van der Waals surface area contributed by atoms with Gasteiger partial charge in [-0.25, -0.2) is 9.59 Å². The van der Waals surface area contributed by atoms with Crippen LogP contribution in [0.25, 0.3) is 22.0 Å². The number of halogens is 1. The second-order valence-electron chi connectivity index (χ2n) is 12.7. The van der Waals surface area contributed by atoms with E-state index in [2.05, 4.69) is 15.6 Å². The number of hydrogen-bond acceptors (Lipinski definition) is 5. The fraction of sp³-hybridized carbons (Fsp3) is 0.485. The first-order valence-corrected chi connectivity index (χ1v) is 15.4. The number of hydrogen-bond donors (Lipinski definition) is 3. The molecule has 43 heavy (non-hydrogen) atoms. The maximum Gasteiger partial charge on any atom is 0.410 e. The molecule has 2 aliphatic rings. The first kappa shape index (κ1) is 30.7. The van der Waals surface area contributed by atoms with Crippen LogP contribution in [0.2, 0.25) is 5.02 Å². The summed E-state index contributed by atoms with van der Waals surface area (Å²) in [6.07, 6.45) is 4.97. The number of likely N-dealkylation sites (tertiary alicyclic amines) is 1. The molecular weight excluding hydrogens is 568 g/mol. The summed E-state index contributed by atoms with van der Waals surface area (Å²) < 4.78 is 12.2. The molecule has 10 heteroatoms. The summed E-state index contributed by atoms with van der Waals surface area (Å²) >= 11 is 6.55. The fourth-order valence-corrected chi connectivity index (χ4v) is 5.86. The smallest absolute Gasteiger partial charge is 0.410 e. The lowest BCUT2D eigenvalue weighted by atomic mass is 9.98. The highest BCUT2D eigenvalue weighted by Crippen LogP contribution is 2.38. The summed E-state index contributed by atoms with van der Waals surface area (Å²) in [5, 5.41) is 6.68. The molecule has 1 saturated carbocycles. The van der Waals surface area contributed by atoms with Gasteiger partial charge in [0.1, 0.15) is 11.4 Å². The first-order valence-electron chi connectivity index (χ1n) is 15.1. The van der Waals surface area contributed by atoms with Crippen molar-refractivity contribution in [1.82, 2.24) is 15.2 Å². The average Bonchev–Trinajstić information content (AvgIpc) is 3.72. The predicted octanol–water partition coefficient (Wildman–Crippen LogP) is 7.31. The molecule has 3 N–H and O–H groups in total. The van der Waals surface area contributed by atoms with Crippen molar-refractivity contribution in [2.24, 2.45) is 0 Å². The molecule has 0 spiro atoms. The summed E-state index contributed by atoms with van der Waals surface area (Å²) in [7, 11) is 0. The molecule has 1 aliphatic carbocycles. The summed E-state index contributed by atoms with van der Waals surface area (Å²) in [5.41, 5.74) is 3.21. The van der Waals surface area contributed by atoms with Gasteiger partial charge in [0, 0.05) is 30.4 Å². The number of nitrogens with zero attached hydrogens (tertiary/aromatic N) is 1. The molecular formula is C33H41ClN4O5. The standard InChI is InChI=1S/C33H41ClN4O5/c1-19-14-20(2)16-21(15-19)28-29(42-13-11-23-8-6-7-12-38(23)32(41)43-33(3,4)5)24-17-27(37-31(40)35-22-9-10-22)25(34)18-26(24)36-30(28)39/h14-18,22-23H,6-13H2,1-5H3,(H,36,39)(H2,35,37,40). The van der Waals surface area contributed by atoms with Crippen LogP contribution < -0.4 is 20.9 Å². The lowest BCUT2D eigenvalue weighted by molar-refractivity contribution is 0.00745. The van der Waals surface area contributed by atoms with Gasteiger partial charge < -0.3 is 30.0 Å². The monoisotopic (exact) mass is 608 g/mol. The van der Waals surface area contributed by atoms with Crippen molar-refractivity contribution >= 4 is 40.3 Å². The number of nitrogens with one attached hydrogen (secondary N) is 3. The zero-order valence-corrected chi connectivity index (χ0v) is 26.3. The number of ether oxygens (including phenoxy) is 2. The van der Waals surface area contributed by atoms with Crippen LogP contribution in [-0.2, 0) is 4.74 Å². The molecule has 1 atom stereocenters.